The number of benzene rings is 1. The second kappa shape index (κ2) is 9.20. The van der Waals surface area contributed by atoms with E-state index in [9.17, 15) is 18.0 Å². The molecule has 0 aliphatic rings. The van der Waals surface area contributed by atoms with E-state index in [4.69, 9.17) is 13.9 Å². The number of furan rings is 1. The molecule has 9 nitrogen and oxygen atoms in total. The van der Waals surface area contributed by atoms with E-state index in [0.29, 0.717) is 5.76 Å². The molecule has 0 bridgehead atoms. The monoisotopic (exact) mass is 408 g/mol. The number of hydrogen-bond acceptors (Lipinski definition) is 7. The molecule has 150 valence electrons. The molecule has 10 heteroatoms. The number of nitrogens with zero attached hydrogens (tertiary/aromatic N) is 1. The third kappa shape index (κ3) is 5.44. The maximum atomic E-state index is 12.2. The lowest BCUT2D eigenvalue weighted by Crippen LogP contribution is -2.23. The third-order valence-corrected chi connectivity index (χ3v) is 5.31. The summed E-state index contributed by atoms with van der Waals surface area (Å²) in [4.78, 5) is 23.7. The zero-order chi connectivity index (χ0) is 20.7. The average molecular weight is 408 g/mol. The largest absolute Gasteiger partial charge is 0.495 e. The van der Waals surface area contributed by atoms with Gasteiger partial charge in [-0.3, -0.25) is 4.79 Å². The topological polar surface area (TPSA) is 115 Å². The van der Waals surface area contributed by atoms with Gasteiger partial charge in [-0.25, -0.2) is 17.5 Å². The third-order valence-electron chi connectivity index (χ3n) is 3.50. The molecule has 0 radical (unpaired) electrons. The van der Waals surface area contributed by atoms with Gasteiger partial charge in [0.1, 0.15) is 11.5 Å². The molecule has 0 saturated carbocycles. The summed E-state index contributed by atoms with van der Waals surface area (Å²) in [5, 5.41) is 2.47. The number of anilines is 1. The first kappa shape index (κ1) is 21.2. The fraction of sp³-hybridized carbons (Fsp3) is 0.222. The van der Waals surface area contributed by atoms with E-state index in [-0.39, 0.29) is 16.3 Å². The Kier molecular flexibility index (Phi) is 6.96. The van der Waals surface area contributed by atoms with E-state index in [1.165, 1.54) is 51.7 Å². The van der Waals surface area contributed by atoms with Gasteiger partial charge in [-0.15, -0.1) is 0 Å². The Labute approximate surface area is 162 Å². The van der Waals surface area contributed by atoms with Crippen LogP contribution in [0.1, 0.15) is 5.76 Å². The highest BCUT2D eigenvalue weighted by atomic mass is 32.2. The van der Waals surface area contributed by atoms with Crippen LogP contribution >= 0.6 is 0 Å². The first-order valence-electron chi connectivity index (χ1n) is 8.03. The van der Waals surface area contributed by atoms with Crippen LogP contribution in [0.3, 0.4) is 0 Å². The van der Waals surface area contributed by atoms with E-state index in [0.717, 1.165) is 10.4 Å². The van der Waals surface area contributed by atoms with Crippen molar-refractivity contribution in [3.05, 3.63) is 48.4 Å². The highest BCUT2D eigenvalue weighted by molar-refractivity contribution is 7.89. The minimum atomic E-state index is -3.69. The number of carbonyl (C=O) groups is 2. The summed E-state index contributed by atoms with van der Waals surface area (Å²) < 4.78 is 40.5. The van der Waals surface area contributed by atoms with Crippen molar-refractivity contribution in [2.75, 3.05) is 33.1 Å². The predicted octanol–water partition coefficient (Wildman–Crippen LogP) is 1.73. The van der Waals surface area contributed by atoms with E-state index >= 15 is 0 Å². The summed E-state index contributed by atoms with van der Waals surface area (Å²) in [6.45, 7) is -0.560. The standard InChI is InChI=1S/C18H20N2O7S/c1-20(2)28(23,24)14-7-8-16(25-3)15(11-14)19-17(21)12-27-18(22)9-6-13-5-4-10-26-13/h4-11H,12H2,1-3H3,(H,19,21)/b9-6+. The van der Waals surface area contributed by atoms with Crippen molar-refractivity contribution in [2.45, 2.75) is 4.90 Å². The highest BCUT2D eigenvalue weighted by Gasteiger charge is 2.20. The number of rotatable bonds is 8. The maximum absolute atomic E-state index is 12.2. The van der Waals surface area contributed by atoms with Crippen LogP contribution in [-0.4, -0.2) is 52.4 Å². The van der Waals surface area contributed by atoms with Crippen molar-refractivity contribution in [3.63, 3.8) is 0 Å². The number of nitrogens with one attached hydrogen (secondary N) is 1. The minimum Gasteiger partial charge on any atom is -0.495 e. The van der Waals surface area contributed by atoms with Crippen LogP contribution in [0.4, 0.5) is 5.69 Å². The van der Waals surface area contributed by atoms with E-state index < -0.39 is 28.5 Å². The first-order valence-corrected chi connectivity index (χ1v) is 9.47. The average Bonchev–Trinajstić information content (AvgIpc) is 3.18. The van der Waals surface area contributed by atoms with Gasteiger partial charge in [0.15, 0.2) is 6.61 Å². The van der Waals surface area contributed by atoms with Gasteiger partial charge in [0, 0.05) is 20.2 Å². The van der Waals surface area contributed by atoms with Crippen LogP contribution in [0.5, 0.6) is 5.75 Å². The van der Waals surface area contributed by atoms with Crippen molar-refractivity contribution in [2.24, 2.45) is 0 Å². The van der Waals surface area contributed by atoms with Crippen molar-refractivity contribution >= 4 is 33.7 Å². The van der Waals surface area contributed by atoms with E-state index in [1.807, 2.05) is 0 Å². The molecular weight excluding hydrogens is 388 g/mol. The Hall–Kier alpha value is -3.11. The number of sulfonamides is 1. The second-order valence-corrected chi connectivity index (χ2v) is 7.81. The van der Waals surface area contributed by atoms with Gasteiger partial charge < -0.3 is 19.2 Å². The molecule has 0 aliphatic carbocycles. The smallest absolute Gasteiger partial charge is 0.331 e. The normalized spacial score (nSPS) is 11.6. The van der Waals surface area contributed by atoms with Crippen molar-refractivity contribution < 1.29 is 31.9 Å². The van der Waals surface area contributed by atoms with Crippen LogP contribution in [0.2, 0.25) is 0 Å². The van der Waals surface area contributed by atoms with Crippen LogP contribution in [0.25, 0.3) is 6.08 Å². The molecule has 0 atom stereocenters. The van der Waals surface area contributed by atoms with Crippen LogP contribution in [0, 0.1) is 0 Å². The summed E-state index contributed by atoms with van der Waals surface area (Å²) in [5.74, 6) is -0.667. The Bertz CT molecular complexity index is 964. The van der Waals surface area contributed by atoms with E-state index in [2.05, 4.69) is 5.32 Å². The van der Waals surface area contributed by atoms with Gasteiger partial charge in [-0.2, -0.15) is 0 Å². The number of ether oxygens (including phenoxy) is 2. The molecule has 0 aliphatic heterocycles. The van der Waals surface area contributed by atoms with Gasteiger partial charge in [-0.05, 0) is 36.4 Å². The lowest BCUT2D eigenvalue weighted by Gasteiger charge is -2.15. The van der Waals surface area contributed by atoms with Gasteiger partial charge >= 0.3 is 5.97 Å². The van der Waals surface area contributed by atoms with Gasteiger partial charge in [0.25, 0.3) is 5.91 Å². The number of esters is 1. The fourth-order valence-corrected chi connectivity index (χ4v) is 2.99. The van der Waals surface area contributed by atoms with Crippen LogP contribution in [0.15, 0.2) is 52.0 Å². The SMILES string of the molecule is COc1ccc(S(=O)(=O)N(C)C)cc1NC(=O)COC(=O)/C=C/c1ccco1. The molecule has 0 spiro atoms. The molecule has 28 heavy (non-hydrogen) atoms. The summed E-state index contributed by atoms with van der Waals surface area (Å²) in [6.07, 6.45) is 3.98. The van der Waals surface area contributed by atoms with Crippen LogP contribution < -0.4 is 10.1 Å². The molecule has 1 amide bonds. The highest BCUT2D eigenvalue weighted by Crippen LogP contribution is 2.28. The minimum absolute atomic E-state index is 0.0213. The summed E-state index contributed by atoms with van der Waals surface area (Å²) in [6, 6.07) is 7.37. The molecule has 1 N–H and O–H groups in total. The predicted molar refractivity (Wildman–Crippen MR) is 101 cm³/mol. The second-order valence-electron chi connectivity index (χ2n) is 5.65. The van der Waals surface area contributed by atoms with Gasteiger partial charge in [0.05, 0.1) is 24.0 Å². The maximum Gasteiger partial charge on any atom is 0.331 e. The van der Waals surface area contributed by atoms with Crippen LogP contribution in [-0.2, 0) is 24.3 Å². The Morgan fingerprint density at radius 1 is 1.25 bits per heavy atom. The molecule has 0 unspecified atom stereocenters. The quantitative estimate of drug-likeness (QED) is 0.522. The zero-order valence-electron chi connectivity index (χ0n) is 15.5. The Morgan fingerprint density at radius 3 is 2.61 bits per heavy atom. The number of amides is 1. The molecule has 2 rings (SSSR count). The first-order chi connectivity index (χ1) is 13.2. The molecule has 2 aromatic rings. The zero-order valence-corrected chi connectivity index (χ0v) is 16.4. The van der Waals surface area contributed by atoms with Crippen molar-refractivity contribution in [1.82, 2.24) is 4.31 Å². The molecule has 1 heterocycles. The molecular formula is C18H20N2O7S. The number of hydrogen-bond donors (Lipinski definition) is 1. The summed E-state index contributed by atoms with van der Waals surface area (Å²) >= 11 is 0. The van der Waals surface area contributed by atoms with Crippen molar-refractivity contribution in [1.29, 1.82) is 0 Å². The fourth-order valence-electron chi connectivity index (χ4n) is 2.06. The van der Waals surface area contributed by atoms with E-state index in [1.54, 1.807) is 12.1 Å². The Balaban J connectivity index is 2.03. The number of carbonyl (C=O) groups excluding carboxylic acids is 2. The van der Waals surface area contributed by atoms with Gasteiger partial charge in [-0.1, -0.05) is 0 Å². The lowest BCUT2D eigenvalue weighted by molar-refractivity contribution is -0.142. The molecule has 0 fully saturated rings. The molecule has 0 saturated heterocycles. The lowest BCUT2D eigenvalue weighted by atomic mass is 10.3. The van der Waals surface area contributed by atoms with Gasteiger partial charge in [0.2, 0.25) is 10.0 Å². The Morgan fingerprint density at radius 2 is 2.00 bits per heavy atom. The summed E-state index contributed by atoms with van der Waals surface area (Å²) in [7, 11) is 0.481. The molecule has 1 aromatic carbocycles. The van der Waals surface area contributed by atoms with Crippen molar-refractivity contribution in [3.8, 4) is 5.75 Å². The molecule has 1 aromatic heterocycles. The number of methoxy groups -OCH3 is 1. The summed E-state index contributed by atoms with van der Waals surface area (Å²) in [5.41, 5.74) is 0.137.